The molecule has 164 valence electrons. The molecule has 1 aromatic carbocycles. The normalized spacial score (nSPS) is 22.5. The first-order chi connectivity index (χ1) is 15.1. The molecule has 3 aromatic rings. The topological polar surface area (TPSA) is 80.6 Å². The van der Waals surface area contributed by atoms with Gasteiger partial charge in [-0.1, -0.05) is 6.07 Å². The number of para-hydroxylation sites is 1. The van der Waals surface area contributed by atoms with Gasteiger partial charge in [-0.25, -0.2) is 4.98 Å². The van der Waals surface area contributed by atoms with E-state index in [-0.39, 0.29) is 18.0 Å². The van der Waals surface area contributed by atoms with E-state index in [0.29, 0.717) is 37.1 Å². The van der Waals surface area contributed by atoms with Gasteiger partial charge in [-0.15, -0.1) is 0 Å². The second kappa shape index (κ2) is 8.04. The molecule has 5 rings (SSSR count). The molecule has 0 spiro atoms. The van der Waals surface area contributed by atoms with Gasteiger partial charge in [0.2, 0.25) is 0 Å². The number of carbonyl (C=O) groups is 1. The maximum absolute atomic E-state index is 13.5. The highest BCUT2D eigenvalue weighted by molar-refractivity contribution is 5.96. The number of amides is 1. The number of imidazole rings is 1. The monoisotopic (exact) mass is 423 g/mol. The SMILES string of the molecule is CCOCCOc1cccc2[nH]c([C@@H]3[C@H]4CC[C@H](C4)N3C(=O)c3cc(C)oc3C)nc12. The minimum atomic E-state index is -0.0514. The number of aromatic nitrogens is 2. The van der Waals surface area contributed by atoms with Crippen LogP contribution in [-0.4, -0.2) is 46.6 Å². The molecule has 2 aliphatic rings. The summed E-state index contributed by atoms with van der Waals surface area (Å²) in [7, 11) is 0. The fraction of sp³-hybridized carbons (Fsp3) is 0.500. The molecule has 1 saturated carbocycles. The van der Waals surface area contributed by atoms with Crippen molar-refractivity contribution in [2.24, 2.45) is 5.92 Å². The molecule has 1 aliphatic heterocycles. The van der Waals surface area contributed by atoms with Crippen LogP contribution in [0.1, 0.15) is 59.9 Å². The first-order valence-corrected chi connectivity index (χ1v) is 11.2. The lowest BCUT2D eigenvalue weighted by molar-refractivity contribution is 0.0578. The summed E-state index contributed by atoms with van der Waals surface area (Å²) in [5, 5.41) is 0. The zero-order chi connectivity index (χ0) is 21.5. The van der Waals surface area contributed by atoms with Gasteiger partial charge in [-0.2, -0.15) is 0 Å². The Morgan fingerprint density at radius 3 is 2.94 bits per heavy atom. The highest BCUT2D eigenvalue weighted by atomic mass is 16.5. The van der Waals surface area contributed by atoms with Crippen LogP contribution < -0.4 is 4.74 Å². The molecule has 1 aliphatic carbocycles. The Hall–Kier alpha value is -2.80. The van der Waals surface area contributed by atoms with Crippen LogP contribution in [-0.2, 0) is 4.74 Å². The van der Waals surface area contributed by atoms with E-state index in [0.717, 1.165) is 47.6 Å². The number of benzene rings is 1. The molecule has 2 bridgehead atoms. The van der Waals surface area contributed by atoms with Crippen LogP contribution in [0.15, 0.2) is 28.7 Å². The second-order valence-electron chi connectivity index (χ2n) is 8.53. The second-order valence-corrected chi connectivity index (χ2v) is 8.53. The van der Waals surface area contributed by atoms with Gasteiger partial charge < -0.3 is 23.8 Å². The van der Waals surface area contributed by atoms with Crippen molar-refractivity contribution in [3.05, 3.63) is 47.2 Å². The Kier molecular flexibility index (Phi) is 5.22. The zero-order valence-electron chi connectivity index (χ0n) is 18.3. The molecule has 2 fully saturated rings. The van der Waals surface area contributed by atoms with Gasteiger partial charge in [-0.05, 0) is 64.2 Å². The van der Waals surface area contributed by atoms with Gasteiger partial charge in [0.15, 0.2) is 0 Å². The van der Waals surface area contributed by atoms with Crippen molar-refractivity contribution < 1.29 is 18.7 Å². The van der Waals surface area contributed by atoms with Gasteiger partial charge >= 0.3 is 0 Å². The third kappa shape index (κ3) is 3.51. The standard InChI is InChI=1S/C24H29N3O4/c1-4-29-10-11-30-20-7-5-6-19-21(20)26-23(25-19)22-16-8-9-17(13-16)27(22)24(28)18-12-14(2)31-15(18)3/h5-7,12,16-17,22H,4,8-11,13H2,1-3H3,(H,25,26)/t16-,17+,22-/m0/s1. The number of rotatable bonds is 7. The summed E-state index contributed by atoms with van der Waals surface area (Å²) in [4.78, 5) is 24.0. The molecule has 31 heavy (non-hydrogen) atoms. The predicted molar refractivity (Wildman–Crippen MR) is 116 cm³/mol. The summed E-state index contributed by atoms with van der Waals surface area (Å²) in [6.45, 7) is 7.40. The number of nitrogens with zero attached hydrogens (tertiary/aromatic N) is 2. The number of likely N-dealkylation sites (tertiary alicyclic amines) is 1. The zero-order valence-corrected chi connectivity index (χ0v) is 18.3. The summed E-state index contributed by atoms with van der Waals surface area (Å²) in [6.07, 6.45) is 3.20. The molecule has 1 saturated heterocycles. The number of hydrogen-bond acceptors (Lipinski definition) is 5. The van der Waals surface area contributed by atoms with E-state index in [4.69, 9.17) is 18.9 Å². The number of hydrogen-bond donors (Lipinski definition) is 1. The Morgan fingerprint density at radius 1 is 1.29 bits per heavy atom. The van der Waals surface area contributed by atoms with Crippen molar-refractivity contribution in [3.63, 3.8) is 0 Å². The third-order valence-corrected chi connectivity index (χ3v) is 6.55. The van der Waals surface area contributed by atoms with Crippen LogP contribution in [0.25, 0.3) is 11.0 Å². The van der Waals surface area contributed by atoms with Gasteiger partial charge in [0.25, 0.3) is 5.91 Å². The van der Waals surface area contributed by atoms with Crippen LogP contribution in [0.3, 0.4) is 0 Å². The Balaban J connectivity index is 1.46. The molecule has 1 N–H and O–H groups in total. The highest BCUT2D eigenvalue weighted by Gasteiger charge is 2.50. The average molecular weight is 424 g/mol. The van der Waals surface area contributed by atoms with Gasteiger partial charge in [0.1, 0.15) is 35.2 Å². The first kappa shape index (κ1) is 20.1. The number of carbonyl (C=O) groups excluding carboxylic acids is 1. The molecule has 7 nitrogen and oxygen atoms in total. The van der Waals surface area contributed by atoms with Crippen LogP contribution in [0.5, 0.6) is 5.75 Å². The van der Waals surface area contributed by atoms with E-state index in [9.17, 15) is 4.79 Å². The number of aromatic amines is 1. The average Bonchev–Trinajstić information content (AvgIpc) is 3.52. The van der Waals surface area contributed by atoms with Crippen LogP contribution in [0, 0.1) is 19.8 Å². The molecule has 2 aromatic heterocycles. The molecule has 0 unspecified atom stereocenters. The Morgan fingerprint density at radius 2 is 2.16 bits per heavy atom. The third-order valence-electron chi connectivity index (χ3n) is 6.55. The lowest BCUT2D eigenvalue weighted by Gasteiger charge is -2.34. The fourth-order valence-corrected chi connectivity index (χ4v) is 5.25. The van der Waals surface area contributed by atoms with E-state index in [1.54, 1.807) is 0 Å². The van der Waals surface area contributed by atoms with E-state index >= 15 is 0 Å². The molecular formula is C24H29N3O4. The van der Waals surface area contributed by atoms with Crippen molar-refractivity contribution >= 4 is 16.9 Å². The fourth-order valence-electron chi connectivity index (χ4n) is 5.25. The Labute approximate surface area is 181 Å². The van der Waals surface area contributed by atoms with Gasteiger partial charge in [0.05, 0.1) is 23.7 Å². The predicted octanol–water partition coefficient (Wildman–Crippen LogP) is 4.55. The number of ether oxygens (including phenoxy) is 2. The maximum atomic E-state index is 13.5. The molecule has 1 amide bonds. The van der Waals surface area contributed by atoms with Crippen molar-refractivity contribution in [2.45, 2.75) is 52.1 Å². The van der Waals surface area contributed by atoms with Crippen LogP contribution in [0.2, 0.25) is 0 Å². The van der Waals surface area contributed by atoms with E-state index in [2.05, 4.69) is 4.98 Å². The minimum Gasteiger partial charge on any atom is -0.489 e. The number of fused-ring (bicyclic) bond motifs is 3. The highest BCUT2D eigenvalue weighted by Crippen LogP contribution is 2.50. The van der Waals surface area contributed by atoms with Crippen molar-refractivity contribution in [1.82, 2.24) is 14.9 Å². The number of H-pyrrole nitrogens is 1. The van der Waals surface area contributed by atoms with Crippen LogP contribution in [0.4, 0.5) is 0 Å². The quantitative estimate of drug-likeness (QED) is 0.564. The summed E-state index contributed by atoms with van der Waals surface area (Å²) in [6, 6.07) is 7.95. The van der Waals surface area contributed by atoms with Crippen molar-refractivity contribution in [3.8, 4) is 5.75 Å². The van der Waals surface area contributed by atoms with Crippen molar-refractivity contribution in [2.75, 3.05) is 19.8 Å². The van der Waals surface area contributed by atoms with Gasteiger partial charge in [0, 0.05) is 12.6 Å². The smallest absolute Gasteiger partial charge is 0.258 e. The van der Waals surface area contributed by atoms with E-state index < -0.39 is 0 Å². The lowest BCUT2D eigenvalue weighted by Crippen LogP contribution is -2.40. The first-order valence-electron chi connectivity index (χ1n) is 11.2. The lowest BCUT2D eigenvalue weighted by atomic mass is 9.97. The Bertz CT molecular complexity index is 1100. The number of aryl methyl sites for hydroxylation is 2. The van der Waals surface area contributed by atoms with Crippen molar-refractivity contribution in [1.29, 1.82) is 0 Å². The molecule has 3 atom stereocenters. The number of furan rings is 1. The minimum absolute atomic E-state index is 0.0418. The molecule has 3 heterocycles. The van der Waals surface area contributed by atoms with E-state index in [1.165, 1.54) is 0 Å². The number of piperidine rings is 1. The molecule has 0 radical (unpaired) electrons. The summed E-state index contributed by atoms with van der Waals surface area (Å²) >= 11 is 0. The molecular weight excluding hydrogens is 394 g/mol. The summed E-state index contributed by atoms with van der Waals surface area (Å²) in [5.74, 6) is 3.49. The van der Waals surface area contributed by atoms with Crippen LogP contribution >= 0.6 is 0 Å². The van der Waals surface area contributed by atoms with E-state index in [1.807, 2.05) is 49.9 Å². The summed E-state index contributed by atoms with van der Waals surface area (Å²) < 4.78 is 16.9. The summed E-state index contributed by atoms with van der Waals surface area (Å²) in [5.41, 5.74) is 2.39. The van der Waals surface area contributed by atoms with Gasteiger partial charge in [-0.3, -0.25) is 4.79 Å². The largest absolute Gasteiger partial charge is 0.489 e. The maximum Gasteiger partial charge on any atom is 0.258 e. The number of nitrogens with one attached hydrogen (secondary N) is 1. The molecule has 7 heteroatoms.